The molecule has 2 aliphatic heterocycles. The van der Waals surface area contributed by atoms with Crippen LogP contribution in [0.4, 0.5) is 0 Å². The van der Waals surface area contributed by atoms with Gasteiger partial charge in [0, 0.05) is 24.9 Å². The summed E-state index contributed by atoms with van der Waals surface area (Å²) in [6, 6.07) is 0.844. The minimum absolute atomic E-state index is 0.352. The molecule has 0 aromatic rings. The number of hydrogen-bond donors (Lipinski definition) is 2. The Bertz CT molecular complexity index is 199. The van der Waals surface area contributed by atoms with Gasteiger partial charge in [-0.25, -0.2) is 0 Å². The minimum atomic E-state index is 0.352. The second-order valence-corrected chi connectivity index (χ2v) is 5.99. The normalized spacial score (nSPS) is 28.1. The Balaban J connectivity index is 1.75. The lowest BCUT2D eigenvalue weighted by Crippen LogP contribution is -2.48. The molecule has 0 spiro atoms. The van der Waals surface area contributed by atoms with Crippen molar-refractivity contribution in [3.05, 3.63) is 0 Å². The second kappa shape index (κ2) is 6.53. The first-order valence-corrected chi connectivity index (χ1v) is 7.73. The highest BCUT2D eigenvalue weighted by molar-refractivity contribution is 7.84. The van der Waals surface area contributed by atoms with E-state index in [1.807, 2.05) is 0 Å². The van der Waals surface area contributed by atoms with Crippen molar-refractivity contribution < 1.29 is 0 Å². The van der Waals surface area contributed by atoms with Crippen LogP contribution in [-0.2, 0) is 0 Å². The predicted molar refractivity (Wildman–Crippen MR) is 76.6 cm³/mol. The number of nitrogens with zero attached hydrogens (tertiary/aromatic N) is 2. The van der Waals surface area contributed by atoms with Crippen molar-refractivity contribution in [1.82, 2.24) is 9.80 Å². The van der Waals surface area contributed by atoms with Crippen LogP contribution in [0.15, 0.2) is 0 Å². The molecular formula is C12H24N2S2. The van der Waals surface area contributed by atoms with E-state index >= 15 is 0 Å². The van der Waals surface area contributed by atoms with Gasteiger partial charge in [0.2, 0.25) is 0 Å². The zero-order valence-corrected chi connectivity index (χ0v) is 11.8. The summed E-state index contributed by atoms with van der Waals surface area (Å²) in [6.45, 7) is 5.08. The van der Waals surface area contributed by atoms with Gasteiger partial charge < -0.3 is 4.90 Å². The Hall–Kier alpha value is 0.620. The summed E-state index contributed by atoms with van der Waals surface area (Å²) in [5.74, 6) is 0.859. The van der Waals surface area contributed by atoms with E-state index in [2.05, 4.69) is 35.1 Å². The summed E-state index contributed by atoms with van der Waals surface area (Å²) < 4.78 is 0. The van der Waals surface area contributed by atoms with Gasteiger partial charge in [-0.1, -0.05) is 6.42 Å². The zero-order valence-electron chi connectivity index (χ0n) is 10.0. The lowest BCUT2D eigenvalue weighted by molar-refractivity contribution is 0.0912. The van der Waals surface area contributed by atoms with Crippen LogP contribution in [0.5, 0.6) is 0 Å². The van der Waals surface area contributed by atoms with Crippen molar-refractivity contribution in [2.75, 3.05) is 31.9 Å². The quantitative estimate of drug-likeness (QED) is 0.751. The van der Waals surface area contributed by atoms with Gasteiger partial charge in [0.1, 0.15) is 0 Å². The number of thiol groups is 2. The van der Waals surface area contributed by atoms with Crippen LogP contribution in [0.1, 0.15) is 32.1 Å². The maximum Gasteiger partial charge on any atom is 0.0616 e. The third-order valence-electron chi connectivity index (χ3n) is 3.99. The lowest BCUT2D eigenvalue weighted by atomic mass is 10.00. The Morgan fingerprint density at radius 3 is 2.19 bits per heavy atom. The molecule has 0 saturated carbocycles. The topological polar surface area (TPSA) is 6.48 Å². The van der Waals surface area contributed by atoms with Crippen LogP contribution in [0.25, 0.3) is 0 Å². The van der Waals surface area contributed by atoms with Crippen molar-refractivity contribution in [2.45, 2.75) is 43.5 Å². The zero-order chi connectivity index (χ0) is 11.4. The Morgan fingerprint density at radius 2 is 1.62 bits per heavy atom. The first-order chi connectivity index (χ1) is 7.81. The third kappa shape index (κ3) is 3.31. The molecule has 0 N–H and O–H groups in total. The molecule has 2 fully saturated rings. The molecule has 0 aromatic heterocycles. The summed E-state index contributed by atoms with van der Waals surface area (Å²) in [4.78, 5) is 5.19. The van der Waals surface area contributed by atoms with Crippen LogP contribution in [0.3, 0.4) is 0 Å². The fourth-order valence-corrected chi connectivity index (χ4v) is 3.41. The molecule has 1 unspecified atom stereocenters. The highest BCUT2D eigenvalue weighted by Gasteiger charge is 2.27. The van der Waals surface area contributed by atoms with Gasteiger partial charge in [0.15, 0.2) is 0 Å². The van der Waals surface area contributed by atoms with Gasteiger partial charge in [0.25, 0.3) is 0 Å². The van der Waals surface area contributed by atoms with Crippen LogP contribution in [0, 0.1) is 0 Å². The van der Waals surface area contributed by atoms with E-state index < -0.39 is 0 Å². The van der Waals surface area contributed by atoms with E-state index in [-0.39, 0.29) is 0 Å². The summed E-state index contributed by atoms with van der Waals surface area (Å²) in [6.07, 6.45) is 6.90. The van der Waals surface area contributed by atoms with Gasteiger partial charge >= 0.3 is 0 Å². The Labute approximate surface area is 111 Å². The molecule has 16 heavy (non-hydrogen) atoms. The fourth-order valence-electron chi connectivity index (χ4n) is 2.95. The molecule has 2 nitrogen and oxygen atoms in total. The number of piperidine rings is 2. The molecular weight excluding hydrogens is 236 g/mol. The average molecular weight is 260 g/mol. The lowest BCUT2D eigenvalue weighted by Gasteiger charge is -2.41. The highest BCUT2D eigenvalue weighted by atomic mass is 32.1. The first kappa shape index (κ1) is 13.1. The van der Waals surface area contributed by atoms with E-state index in [1.165, 1.54) is 58.3 Å². The smallest absolute Gasteiger partial charge is 0.0616 e. The molecule has 2 saturated heterocycles. The van der Waals surface area contributed by atoms with Crippen molar-refractivity contribution >= 4 is 25.3 Å². The SMILES string of the molecule is SCC(S)N1CCC(N2CCCCC2)CC1. The third-order valence-corrected chi connectivity index (χ3v) is 5.13. The van der Waals surface area contributed by atoms with Crippen molar-refractivity contribution in [3.63, 3.8) is 0 Å². The standard InChI is InChI=1S/C12H24N2S2/c15-10-12(16)14-8-4-11(5-9-14)13-6-2-1-3-7-13/h11-12,15-16H,1-10H2. The second-order valence-electron chi connectivity index (χ2n) is 5.03. The number of hydrogen-bond acceptors (Lipinski definition) is 4. The monoisotopic (exact) mass is 260 g/mol. The van der Waals surface area contributed by atoms with E-state index in [4.69, 9.17) is 0 Å². The van der Waals surface area contributed by atoms with E-state index in [9.17, 15) is 0 Å². The molecule has 0 amide bonds. The van der Waals surface area contributed by atoms with Crippen molar-refractivity contribution in [2.24, 2.45) is 0 Å². The molecule has 0 bridgehead atoms. The summed E-state index contributed by atoms with van der Waals surface area (Å²) in [7, 11) is 0. The summed E-state index contributed by atoms with van der Waals surface area (Å²) in [5, 5.41) is 0.352. The minimum Gasteiger partial charge on any atom is -0.300 e. The molecule has 0 aromatic carbocycles. The molecule has 94 valence electrons. The predicted octanol–water partition coefficient (Wildman–Crippen LogP) is 2.12. The van der Waals surface area contributed by atoms with Gasteiger partial charge in [0.05, 0.1) is 5.37 Å². The molecule has 2 rings (SSSR count). The largest absolute Gasteiger partial charge is 0.300 e. The van der Waals surface area contributed by atoms with Gasteiger partial charge in [-0.3, -0.25) is 4.90 Å². The summed E-state index contributed by atoms with van der Waals surface area (Å²) in [5.41, 5.74) is 0. The maximum absolute atomic E-state index is 4.57. The van der Waals surface area contributed by atoms with Crippen LogP contribution in [0.2, 0.25) is 0 Å². The number of likely N-dealkylation sites (tertiary alicyclic amines) is 2. The van der Waals surface area contributed by atoms with Crippen LogP contribution < -0.4 is 0 Å². The fraction of sp³-hybridized carbons (Fsp3) is 1.00. The first-order valence-electron chi connectivity index (χ1n) is 6.58. The molecule has 0 aliphatic carbocycles. The van der Waals surface area contributed by atoms with Crippen LogP contribution in [-0.4, -0.2) is 53.1 Å². The van der Waals surface area contributed by atoms with E-state index in [0.29, 0.717) is 5.37 Å². The average Bonchev–Trinajstić information content (AvgIpc) is 2.39. The van der Waals surface area contributed by atoms with Crippen molar-refractivity contribution in [1.29, 1.82) is 0 Å². The molecule has 2 aliphatic rings. The summed E-state index contributed by atoms with van der Waals surface area (Å²) >= 11 is 8.89. The van der Waals surface area contributed by atoms with Gasteiger partial charge in [-0.2, -0.15) is 25.3 Å². The molecule has 2 heterocycles. The highest BCUT2D eigenvalue weighted by Crippen LogP contribution is 2.22. The Kier molecular flexibility index (Phi) is 5.33. The Morgan fingerprint density at radius 1 is 1.00 bits per heavy atom. The molecule has 4 heteroatoms. The van der Waals surface area contributed by atoms with Crippen molar-refractivity contribution in [3.8, 4) is 0 Å². The van der Waals surface area contributed by atoms with Crippen LogP contribution >= 0.6 is 25.3 Å². The molecule has 0 radical (unpaired) electrons. The maximum atomic E-state index is 4.57. The molecule has 1 atom stereocenters. The van der Waals surface area contributed by atoms with Gasteiger partial charge in [-0.05, 0) is 38.8 Å². The van der Waals surface area contributed by atoms with E-state index in [1.54, 1.807) is 0 Å². The van der Waals surface area contributed by atoms with E-state index in [0.717, 1.165) is 11.8 Å². The van der Waals surface area contributed by atoms with Gasteiger partial charge in [-0.15, -0.1) is 0 Å². The number of rotatable bonds is 3.